The van der Waals surface area contributed by atoms with Gasteiger partial charge in [0.25, 0.3) is 0 Å². The third kappa shape index (κ3) is 5.28. The Kier molecular flexibility index (Phi) is 6.89. The molecule has 0 bridgehead atoms. The first kappa shape index (κ1) is 25.1. The van der Waals surface area contributed by atoms with Gasteiger partial charge in [-0.15, -0.1) is 0 Å². The SMILES string of the molecule is CC(=O)Nc1c(Oc2cc(C(F)(F)F)nn2-c2ccccc2Cl)ccnc1Oc1cccc(C)c1C. The zero-order valence-corrected chi connectivity index (χ0v) is 20.1. The number of rotatable bonds is 6. The molecule has 2 heterocycles. The lowest BCUT2D eigenvalue weighted by Crippen LogP contribution is -2.10. The van der Waals surface area contributed by atoms with E-state index in [-0.39, 0.29) is 33.9 Å². The number of halogens is 4. The van der Waals surface area contributed by atoms with E-state index in [4.69, 9.17) is 21.1 Å². The van der Waals surface area contributed by atoms with Crippen LogP contribution in [0.3, 0.4) is 0 Å². The normalized spacial score (nSPS) is 11.3. The van der Waals surface area contributed by atoms with Crippen LogP contribution in [0.4, 0.5) is 18.9 Å². The number of anilines is 1. The molecule has 1 N–H and O–H groups in total. The highest BCUT2D eigenvalue weighted by atomic mass is 35.5. The molecule has 4 aromatic rings. The van der Waals surface area contributed by atoms with Crippen molar-refractivity contribution in [3.8, 4) is 28.9 Å². The molecule has 1 amide bonds. The molecule has 4 rings (SSSR count). The van der Waals surface area contributed by atoms with E-state index >= 15 is 0 Å². The van der Waals surface area contributed by atoms with Crippen LogP contribution in [0.1, 0.15) is 23.7 Å². The molecule has 0 unspecified atom stereocenters. The van der Waals surface area contributed by atoms with Crippen LogP contribution in [0.2, 0.25) is 5.02 Å². The number of para-hydroxylation sites is 1. The molecule has 7 nitrogen and oxygen atoms in total. The largest absolute Gasteiger partial charge is 0.437 e. The van der Waals surface area contributed by atoms with Gasteiger partial charge in [0, 0.05) is 25.3 Å². The topological polar surface area (TPSA) is 78.3 Å². The van der Waals surface area contributed by atoms with Gasteiger partial charge in [0.1, 0.15) is 11.4 Å². The summed E-state index contributed by atoms with van der Waals surface area (Å²) in [5, 5.41) is 6.42. The molecule has 36 heavy (non-hydrogen) atoms. The molecule has 0 fully saturated rings. The summed E-state index contributed by atoms with van der Waals surface area (Å²) < 4.78 is 53.3. The lowest BCUT2D eigenvalue weighted by Gasteiger charge is -2.17. The van der Waals surface area contributed by atoms with E-state index in [0.717, 1.165) is 21.9 Å². The van der Waals surface area contributed by atoms with Crippen molar-refractivity contribution >= 4 is 23.2 Å². The maximum atomic E-state index is 13.5. The predicted octanol–water partition coefficient (Wildman–Crippen LogP) is 7.10. The zero-order chi connectivity index (χ0) is 26.0. The van der Waals surface area contributed by atoms with Crippen LogP contribution < -0.4 is 14.8 Å². The minimum Gasteiger partial charge on any atom is -0.437 e. The number of hydrogen-bond acceptors (Lipinski definition) is 5. The van der Waals surface area contributed by atoms with Gasteiger partial charge in [0.2, 0.25) is 17.7 Å². The Bertz CT molecular complexity index is 1440. The number of aromatic nitrogens is 3. The molecular formula is C25H20ClF3N4O3. The van der Waals surface area contributed by atoms with E-state index in [1.807, 2.05) is 19.9 Å². The van der Waals surface area contributed by atoms with E-state index in [2.05, 4.69) is 15.4 Å². The van der Waals surface area contributed by atoms with Crippen LogP contribution in [0.15, 0.2) is 60.8 Å². The molecule has 0 spiro atoms. The molecule has 2 aromatic heterocycles. The van der Waals surface area contributed by atoms with Gasteiger partial charge in [0.05, 0.1) is 10.7 Å². The van der Waals surface area contributed by atoms with Crippen LogP contribution in [0.5, 0.6) is 23.3 Å². The number of ether oxygens (including phenoxy) is 2. The highest BCUT2D eigenvalue weighted by molar-refractivity contribution is 6.32. The number of benzene rings is 2. The standard InChI is InChI=1S/C25H20ClF3N4O3/c1-14-7-6-10-19(15(14)2)36-24-23(31-16(3)34)20(11-12-30-24)35-22-13-21(25(27,28)29)32-33(22)18-9-5-4-8-17(18)26/h4-13H,1-3H3,(H,31,34). The number of pyridine rings is 1. The Morgan fingerprint density at radius 3 is 2.47 bits per heavy atom. The number of alkyl halides is 3. The molecule has 2 aromatic carbocycles. The first-order valence-corrected chi connectivity index (χ1v) is 11.0. The Balaban J connectivity index is 1.82. The highest BCUT2D eigenvalue weighted by Crippen LogP contribution is 2.41. The average Bonchev–Trinajstić information content (AvgIpc) is 3.23. The summed E-state index contributed by atoms with van der Waals surface area (Å²) in [5.74, 6) is -0.273. The number of carbonyl (C=O) groups is 1. The molecule has 0 radical (unpaired) electrons. The number of hydrogen-bond donors (Lipinski definition) is 1. The van der Waals surface area contributed by atoms with Crippen molar-refractivity contribution in [2.45, 2.75) is 26.9 Å². The monoisotopic (exact) mass is 516 g/mol. The van der Waals surface area contributed by atoms with Gasteiger partial charge in [-0.1, -0.05) is 35.9 Å². The van der Waals surface area contributed by atoms with Gasteiger partial charge in [0.15, 0.2) is 11.4 Å². The van der Waals surface area contributed by atoms with E-state index in [9.17, 15) is 18.0 Å². The molecular weight excluding hydrogens is 497 g/mol. The van der Waals surface area contributed by atoms with Crippen molar-refractivity contribution in [2.75, 3.05) is 5.32 Å². The summed E-state index contributed by atoms with van der Waals surface area (Å²) in [7, 11) is 0. The second-order valence-electron chi connectivity index (χ2n) is 7.80. The number of amides is 1. The average molecular weight is 517 g/mol. The second kappa shape index (κ2) is 9.90. The number of carbonyl (C=O) groups excluding carboxylic acids is 1. The van der Waals surface area contributed by atoms with Crippen LogP contribution in [0, 0.1) is 13.8 Å². The third-order valence-corrected chi connectivity index (χ3v) is 5.52. The van der Waals surface area contributed by atoms with Crippen molar-refractivity contribution in [3.05, 3.63) is 82.6 Å². The van der Waals surface area contributed by atoms with E-state index < -0.39 is 17.8 Å². The second-order valence-corrected chi connectivity index (χ2v) is 8.21. The van der Waals surface area contributed by atoms with Crippen molar-refractivity contribution in [3.63, 3.8) is 0 Å². The third-order valence-electron chi connectivity index (χ3n) is 5.20. The molecule has 0 saturated carbocycles. The Morgan fingerprint density at radius 2 is 1.78 bits per heavy atom. The van der Waals surface area contributed by atoms with Gasteiger partial charge in [-0.05, 0) is 43.2 Å². The van der Waals surface area contributed by atoms with Crippen molar-refractivity contribution < 1.29 is 27.4 Å². The van der Waals surface area contributed by atoms with Crippen LogP contribution in [0.25, 0.3) is 5.69 Å². The fourth-order valence-corrected chi connectivity index (χ4v) is 3.52. The Hall–Kier alpha value is -4.05. The Morgan fingerprint density at radius 1 is 1.03 bits per heavy atom. The quantitative estimate of drug-likeness (QED) is 0.296. The zero-order valence-electron chi connectivity index (χ0n) is 19.4. The minimum atomic E-state index is -4.74. The van der Waals surface area contributed by atoms with Crippen LogP contribution >= 0.6 is 11.6 Å². The van der Waals surface area contributed by atoms with E-state index in [0.29, 0.717) is 5.75 Å². The van der Waals surface area contributed by atoms with E-state index in [1.165, 1.54) is 31.3 Å². The Labute approximate surface area is 209 Å². The summed E-state index contributed by atoms with van der Waals surface area (Å²) >= 11 is 6.22. The molecule has 0 saturated heterocycles. The van der Waals surface area contributed by atoms with Crippen molar-refractivity contribution in [1.29, 1.82) is 0 Å². The van der Waals surface area contributed by atoms with Crippen LogP contribution in [-0.2, 0) is 11.0 Å². The summed E-state index contributed by atoms with van der Waals surface area (Å²) in [5.41, 5.74) is 0.854. The van der Waals surface area contributed by atoms with Gasteiger partial charge in [-0.25, -0.2) is 4.98 Å². The maximum absolute atomic E-state index is 13.5. The van der Waals surface area contributed by atoms with Gasteiger partial charge < -0.3 is 14.8 Å². The number of aryl methyl sites for hydroxylation is 1. The van der Waals surface area contributed by atoms with Crippen molar-refractivity contribution in [2.24, 2.45) is 0 Å². The molecule has 0 aliphatic carbocycles. The maximum Gasteiger partial charge on any atom is 0.435 e. The molecule has 0 aliphatic rings. The summed E-state index contributed by atoms with van der Waals surface area (Å²) in [4.78, 5) is 16.2. The number of nitrogens with one attached hydrogen (secondary N) is 1. The summed E-state index contributed by atoms with van der Waals surface area (Å²) in [6.07, 6.45) is -3.39. The smallest absolute Gasteiger partial charge is 0.435 e. The first-order valence-electron chi connectivity index (χ1n) is 10.6. The number of nitrogens with zero attached hydrogens (tertiary/aromatic N) is 3. The molecule has 186 valence electrons. The fraction of sp³-hybridized carbons (Fsp3) is 0.160. The van der Waals surface area contributed by atoms with Crippen molar-refractivity contribution in [1.82, 2.24) is 14.8 Å². The van der Waals surface area contributed by atoms with Gasteiger partial charge in [-0.2, -0.15) is 23.0 Å². The molecule has 0 aliphatic heterocycles. The highest BCUT2D eigenvalue weighted by Gasteiger charge is 2.36. The van der Waals surface area contributed by atoms with E-state index in [1.54, 1.807) is 24.3 Å². The first-order chi connectivity index (χ1) is 17.0. The lowest BCUT2D eigenvalue weighted by molar-refractivity contribution is -0.141. The summed E-state index contributed by atoms with van der Waals surface area (Å²) in [6.45, 7) is 5.05. The van der Waals surface area contributed by atoms with Gasteiger partial charge in [-0.3, -0.25) is 4.79 Å². The molecule has 0 atom stereocenters. The predicted molar refractivity (Wildman–Crippen MR) is 128 cm³/mol. The molecule has 11 heteroatoms. The summed E-state index contributed by atoms with van der Waals surface area (Å²) in [6, 6.07) is 13.8. The fourth-order valence-electron chi connectivity index (χ4n) is 3.30. The lowest BCUT2D eigenvalue weighted by atomic mass is 10.1. The minimum absolute atomic E-state index is 0.00347. The van der Waals surface area contributed by atoms with Crippen LogP contribution in [-0.4, -0.2) is 20.7 Å². The van der Waals surface area contributed by atoms with Gasteiger partial charge >= 0.3 is 6.18 Å².